The zero-order chi connectivity index (χ0) is 49.3. The average molecular weight is 991 g/mol. The zero-order valence-electron chi connectivity index (χ0n) is 35.0. The van der Waals surface area contributed by atoms with Crippen molar-refractivity contribution in [3.05, 3.63) is 0 Å². The topological polar surface area (TPSA) is 506 Å². The first-order chi connectivity index (χ1) is 31.7. The largest absolute Gasteiger partial charge is 0.394 e. The standard InChI is InChI=1S/C36H62O31/c37-1-7(42)26-25(55)29(66-33-23(53)19(49)14(44)10(4-40)60-33)35(63-26)57-6-12-17(47)27(64-32-22(52)18(48)13(43)9(3-39)59-32)30(67-34-24(54)20(50)15(45)11(5-41)61-34)36(62-12)65-28-21(51)16(46)8(2-38)58-31(28)56/h7-56H,1-6H2/t7-,8-,9-,10-,11-,12-,13+,14-,15+,16-,17-,18+,19+,20+,21+,22-,23-,24-,25+,26+,27+,28+,29-,30+,31+,32-,33-,34-,35-,36-/m1/s1. The van der Waals surface area contributed by atoms with Crippen molar-refractivity contribution in [1.29, 1.82) is 0 Å². The van der Waals surface area contributed by atoms with Gasteiger partial charge in [0.1, 0.15) is 146 Å². The zero-order valence-corrected chi connectivity index (χ0v) is 35.0. The van der Waals surface area contributed by atoms with Gasteiger partial charge >= 0.3 is 0 Å². The van der Waals surface area contributed by atoms with Crippen LogP contribution in [-0.4, -0.2) is 326 Å². The highest BCUT2D eigenvalue weighted by atomic mass is 16.8. The quantitative estimate of drug-likeness (QED) is 0.0643. The van der Waals surface area contributed by atoms with Crippen molar-refractivity contribution in [3.8, 4) is 0 Å². The van der Waals surface area contributed by atoms with Gasteiger partial charge in [0.25, 0.3) is 0 Å². The number of rotatable bonds is 17. The molecule has 0 aromatic rings. The van der Waals surface area contributed by atoms with Gasteiger partial charge in [-0.1, -0.05) is 0 Å². The summed E-state index contributed by atoms with van der Waals surface area (Å²) in [5.74, 6) is 0. The summed E-state index contributed by atoms with van der Waals surface area (Å²) < 4.78 is 62.4. The van der Waals surface area contributed by atoms with E-state index in [-0.39, 0.29) is 0 Å². The fraction of sp³-hybridized carbons (Fsp3) is 1.00. The molecule has 31 heteroatoms. The summed E-state index contributed by atoms with van der Waals surface area (Å²) in [4.78, 5) is 0. The number of aliphatic hydroxyl groups is 20. The molecule has 0 amide bonds. The van der Waals surface area contributed by atoms with E-state index in [1.165, 1.54) is 0 Å². The van der Waals surface area contributed by atoms with E-state index in [1.807, 2.05) is 0 Å². The van der Waals surface area contributed by atoms with Crippen LogP contribution in [-0.2, 0) is 52.1 Å². The summed E-state index contributed by atoms with van der Waals surface area (Å²) in [5.41, 5.74) is 0. The van der Waals surface area contributed by atoms with E-state index in [2.05, 4.69) is 0 Å². The molecule has 0 aromatic carbocycles. The molecule has 0 aliphatic carbocycles. The molecule has 0 aromatic heterocycles. The molecule has 6 rings (SSSR count). The first kappa shape index (κ1) is 55.1. The molecule has 31 nitrogen and oxygen atoms in total. The van der Waals surface area contributed by atoms with Gasteiger partial charge in [0, 0.05) is 0 Å². The molecule has 67 heavy (non-hydrogen) atoms. The maximum absolute atomic E-state index is 12.0. The molecule has 0 unspecified atom stereocenters. The van der Waals surface area contributed by atoms with Crippen molar-refractivity contribution in [2.75, 3.05) is 39.6 Å². The van der Waals surface area contributed by atoms with Gasteiger partial charge in [-0.05, 0) is 0 Å². The van der Waals surface area contributed by atoms with Crippen LogP contribution in [0.5, 0.6) is 0 Å². The number of hydrogen-bond donors (Lipinski definition) is 20. The highest BCUT2D eigenvalue weighted by Crippen LogP contribution is 2.38. The van der Waals surface area contributed by atoms with Gasteiger partial charge in [-0.3, -0.25) is 0 Å². The van der Waals surface area contributed by atoms with Gasteiger partial charge < -0.3 is 154 Å². The van der Waals surface area contributed by atoms with Crippen LogP contribution < -0.4 is 0 Å². The van der Waals surface area contributed by atoms with Crippen molar-refractivity contribution < 1.29 is 154 Å². The Bertz CT molecular complexity index is 1500. The molecule has 20 N–H and O–H groups in total. The summed E-state index contributed by atoms with van der Waals surface area (Å²) in [5, 5.41) is 210. The lowest BCUT2D eigenvalue weighted by atomic mass is 9.95. The van der Waals surface area contributed by atoms with Crippen LogP contribution >= 0.6 is 0 Å². The maximum Gasteiger partial charge on any atom is 0.187 e. The Balaban J connectivity index is 1.35. The second-order valence-electron chi connectivity index (χ2n) is 16.8. The normalized spacial score (nSPS) is 52.6. The van der Waals surface area contributed by atoms with Crippen LogP contribution in [0.15, 0.2) is 0 Å². The van der Waals surface area contributed by atoms with Crippen LogP contribution in [0.2, 0.25) is 0 Å². The van der Waals surface area contributed by atoms with Crippen LogP contribution in [0.4, 0.5) is 0 Å². The highest BCUT2D eigenvalue weighted by Gasteiger charge is 2.58. The number of hydrogen-bond acceptors (Lipinski definition) is 31. The van der Waals surface area contributed by atoms with Crippen molar-refractivity contribution in [1.82, 2.24) is 0 Å². The first-order valence-corrected chi connectivity index (χ1v) is 21.1. The lowest BCUT2D eigenvalue weighted by molar-refractivity contribution is -0.409. The Kier molecular flexibility index (Phi) is 19.4. The Hall–Kier alpha value is -1.24. The minimum absolute atomic E-state index is 0.893. The van der Waals surface area contributed by atoms with Gasteiger partial charge in [0.05, 0.1) is 39.6 Å². The SMILES string of the molecule is OC[C@@H](O)[C@@H]1O[C@@H](OC[C@H]2O[C@H](O[C@H]3[C@@H](O)[C@H](O)[C@@H](CO)O[C@@H]3O)[C@@H](O[C@H]3O[C@H](CO)[C@H](O)[C@H](O)[C@H]3O)[C@@H](O[C@H]3O[C@H](CO)[C@H](O)[C@H](O)[C@H]3O)[C@@H]2O)[C@H](O[C@H]2O[C@H](CO)[C@@H](O)[C@H](O)[C@H]2O)[C@H]1O. The summed E-state index contributed by atoms with van der Waals surface area (Å²) in [6.45, 7) is -5.77. The average Bonchev–Trinajstić information content (AvgIpc) is 3.63. The molecular weight excluding hydrogens is 928 g/mol. The fourth-order valence-electron chi connectivity index (χ4n) is 8.37. The molecule has 0 saturated carbocycles. The van der Waals surface area contributed by atoms with Gasteiger partial charge in [0.15, 0.2) is 37.7 Å². The van der Waals surface area contributed by atoms with E-state index in [1.54, 1.807) is 0 Å². The molecule has 30 atom stereocenters. The van der Waals surface area contributed by atoms with Gasteiger partial charge in [0.2, 0.25) is 0 Å². The van der Waals surface area contributed by atoms with Crippen molar-refractivity contribution >= 4 is 0 Å². The van der Waals surface area contributed by atoms with Crippen molar-refractivity contribution in [2.45, 2.75) is 184 Å². The Labute approximate surface area is 378 Å². The Morgan fingerprint density at radius 3 is 1.16 bits per heavy atom. The summed E-state index contributed by atoms with van der Waals surface area (Å²) in [7, 11) is 0. The van der Waals surface area contributed by atoms with Crippen LogP contribution in [0.1, 0.15) is 0 Å². The van der Waals surface area contributed by atoms with Crippen molar-refractivity contribution in [2.24, 2.45) is 0 Å². The summed E-state index contributed by atoms with van der Waals surface area (Å²) in [6, 6.07) is 0. The molecule has 6 heterocycles. The van der Waals surface area contributed by atoms with E-state index in [0.717, 1.165) is 0 Å². The van der Waals surface area contributed by atoms with Crippen LogP contribution in [0.3, 0.4) is 0 Å². The first-order valence-electron chi connectivity index (χ1n) is 21.1. The highest BCUT2D eigenvalue weighted by molar-refractivity contribution is 5.00. The maximum atomic E-state index is 12.0. The van der Waals surface area contributed by atoms with E-state index in [0.29, 0.717) is 0 Å². The Morgan fingerprint density at radius 1 is 0.328 bits per heavy atom. The van der Waals surface area contributed by atoms with E-state index in [9.17, 15) is 102 Å². The molecular formula is C36H62O31. The Morgan fingerprint density at radius 2 is 0.716 bits per heavy atom. The third-order valence-corrected chi connectivity index (χ3v) is 12.4. The summed E-state index contributed by atoms with van der Waals surface area (Å²) >= 11 is 0. The smallest absolute Gasteiger partial charge is 0.187 e. The van der Waals surface area contributed by atoms with Gasteiger partial charge in [-0.15, -0.1) is 0 Å². The molecule has 0 bridgehead atoms. The van der Waals surface area contributed by atoms with Crippen LogP contribution in [0.25, 0.3) is 0 Å². The molecule has 6 saturated heterocycles. The monoisotopic (exact) mass is 990 g/mol. The molecule has 0 spiro atoms. The third kappa shape index (κ3) is 11.4. The minimum Gasteiger partial charge on any atom is -0.394 e. The summed E-state index contributed by atoms with van der Waals surface area (Å²) in [6.07, 6.45) is -59.4. The van der Waals surface area contributed by atoms with E-state index >= 15 is 0 Å². The number of aliphatic hydroxyl groups excluding tert-OH is 20. The third-order valence-electron chi connectivity index (χ3n) is 12.4. The van der Waals surface area contributed by atoms with Crippen molar-refractivity contribution in [3.63, 3.8) is 0 Å². The minimum atomic E-state index is -2.25. The lowest BCUT2D eigenvalue weighted by Gasteiger charge is -2.50. The predicted octanol–water partition coefficient (Wildman–Crippen LogP) is -14.1. The molecule has 6 aliphatic heterocycles. The lowest BCUT2D eigenvalue weighted by Crippen LogP contribution is -2.68. The molecule has 0 radical (unpaired) electrons. The second-order valence-corrected chi connectivity index (χ2v) is 16.8. The number of ether oxygens (including phenoxy) is 11. The fourth-order valence-corrected chi connectivity index (χ4v) is 8.37. The van der Waals surface area contributed by atoms with Crippen LogP contribution in [0, 0.1) is 0 Å². The molecule has 392 valence electrons. The predicted molar refractivity (Wildman–Crippen MR) is 199 cm³/mol. The van der Waals surface area contributed by atoms with Gasteiger partial charge in [-0.25, -0.2) is 0 Å². The second kappa shape index (κ2) is 23.5. The molecule has 6 aliphatic rings. The van der Waals surface area contributed by atoms with Gasteiger partial charge in [-0.2, -0.15) is 0 Å². The molecule has 6 fully saturated rings. The van der Waals surface area contributed by atoms with E-state index < -0.39 is 224 Å². The van der Waals surface area contributed by atoms with E-state index in [4.69, 9.17) is 52.1 Å².